The Labute approximate surface area is 178 Å². The summed E-state index contributed by atoms with van der Waals surface area (Å²) in [6.07, 6.45) is 2.07. The van der Waals surface area contributed by atoms with Crippen molar-refractivity contribution in [1.82, 2.24) is 9.55 Å². The molecule has 1 aliphatic carbocycles. The van der Waals surface area contributed by atoms with E-state index in [4.69, 9.17) is 4.98 Å². The van der Waals surface area contributed by atoms with Crippen LogP contribution in [0.15, 0.2) is 85.1 Å². The van der Waals surface area contributed by atoms with Crippen molar-refractivity contribution in [2.75, 3.05) is 0 Å². The number of para-hydroxylation sites is 1. The quantitative estimate of drug-likeness (QED) is 0.367. The van der Waals surface area contributed by atoms with Crippen molar-refractivity contribution in [3.05, 3.63) is 108 Å². The third-order valence-electron chi connectivity index (χ3n) is 6.87. The summed E-state index contributed by atoms with van der Waals surface area (Å²) < 4.78 is 2.41. The van der Waals surface area contributed by atoms with E-state index in [-0.39, 0.29) is 5.41 Å². The number of rotatable bonds is 2. The zero-order valence-corrected chi connectivity index (χ0v) is 17.7. The van der Waals surface area contributed by atoms with Gasteiger partial charge in [-0.1, -0.05) is 93.6 Å². The third kappa shape index (κ3) is 2.53. The lowest BCUT2D eigenvalue weighted by molar-refractivity contribution is 0.590. The van der Waals surface area contributed by atoms with E-state index in [1.807, 2.05) is 0 Å². The first-order valence-electron chi connectivity index (χ1n) is 10.9. The average Bonchev–Trinajstić information content (AvgIpc) is 3.36. The second-order valence-corrected chi connectivity index (χ2v) is 9.71. The predicted molar refractivity (Wildman–Crippen MR) is 122 cm³/mol. The number of imidazole rings is 1. The molecule has 2 heteroatoms. The maximum absolute atomic E-state index is 4.96. The number of hydrogen-bond donors (Lipinski definition) is 0. The molecule has 0 bridgehead atoms. The molecule has 1 saturated carbocycles. The van der Waals surface area contributed by atoms with Crippen LogP contribution in [0.25, 0.3) is 16.9 Å². The van der Waals surface area contributed by atoms with E-state index in [1.54, 1.807) is 0 Å². The smallest absolute Gasteiger partial charge is 0.118 e. The molecule has 4 aromatic rings. The van der Waals surface area contributed by atoms with Crippen LogP contribution in [0, 0.1) is 0 Å². The van der Waals surface area contributed by atoms with E-state index in [1.165, 1.54) is 39.5 Å². The van der Waals surface area contributed by atoms with E-state index in [0.717, 1.165) is 0 Å². The number of fused-ring (bicyclic) bond motifs is 6. The minimum Gasteiger partial charge on any atom is -0.296 e. The summed E-state index contributed by atoms with van der Waals surface area (Å²) in [6, 6.07) is 28.9. The molecular weight excluding hydrogens is 364 g/mol. The maximum Gasteiger partial charge on any atom is 0.118 e. The molecule has 2 nitrogen and oxygen atoms in total. The number of nitrogens with zero attached hydrogens (tertiary/aromatic N) is 2. The Bertz CT molecular complexity index is 1220. The van der Waals surface area contributed by atoms with Gasteiger partial charge in [0.25, 0.3) is 0 Å². The molecule has 3 atom stereocenters. The highest BCUT2D eigenvalue weighted by atomic mass is 15.1. The van der Waals surface area contributed by atoms with Crippen molar-refractivity contribution in [2.24, 2.45) is 0 Å². The molecule has 1 fully saturated rings. The van der Waals surface area contributed by atoms with Crippen LogP contribution in [0.3, 0.4) is 0 Å². The minimum absolute atomic E-state index is 0.159. The Hall–Kier alpha value is -3.13. The molecular formula is C28H26N2. The van der Waals surface area contributed by atoms with Crippen LogP contribution in [-0.2, 0) is 5.41 Å². The van der Waals surface area contributed by atoms with Crippen LogP contribution < -0.4 is 0 Å². The molecule has 1 aliphatic heterocycles. The van der Waals surface area contributed by atoms with Gasteiger partial charge in [0, 0.05) is 23.3 Å². The summed E-state index contributed by atoms with van der Waals surface area (Å²) >= 11 is 0. The van der Waals surface area contributed by atoms with Crippen molar-refractivity contribution in [2.45, 2.75) is 43.9 Å². The molecule has 0 radical (unpaired) electrons. The molecule has 30 heavy (non-hydrogen) atoms. The summed E-state index contributed by atoms with van der Waals surface area (Å²) in [4.78, 5) is 4.96. The zero-order valence-electron chi connectivity index (χ0n) is 17.7. The SMILES string of the molecule is CC(C)(C)c1ccc(-c2cnc3n2-c2ccccc2[C@H]2[C@H](c4ccccc4)[C@@H]32)cc1. The summed E-state index contributed by atoms with van der Waals surface area (Å²) in [7, 11) is 0. The number of benzene rings is 3. The lowest BCUT2D eigenvalue weighted by Gasteiger charge is -2.21. The molecule has 3 aromatic carbocycles. The van der Waals surface area contributed by atoms with Crippen molar-refractivity contribution in [1.29, 1.82) is 0 Å². The van der Waals surface area contributed by atoms with E-state index < -0.39 is 0 Å². The average molecular weight is 391 g/mol. The molecule has 0 spiro atoms. The van der Waals surface area contributed by atoms with E-state index >= 15 is 0 Å². The first-order chi connectivity index (χ1) is 14.5. The summed E-state index contributed by atoms with van der Waals surface area (Å²) in [5.74, 6) is 2.73. The fraction of sp³-hybridized carbons (Fsp3) is 0.250. The first kappa shape index (κ1) is 17.7. The van der Waals surface area contributed by atoms with Gasteiger partial charge >= 0.3 is 0 Å². The standard InChI is InChI=1S/C28H26N2/c1-28(2,3)20-15-13-18(14-16-20)23-17-29-27-26-24(19-9-5-4-6-10-19)25(26)21-11-7-8-12-22(21)30(23)27/h4-17,24-26H,1-3H3/t24-,25-,26+/m0/s1. The first-order valence-corrected chi connectivity index (χ1v) is 10.9. The zero-order chi connectivity index (χ0) is 20.5. The van der Waals surface area contributed by atoms with Crippen molar-refractivity contribution < 1.29 is 0 Å². The number of hydrogen-bond acceptors (Lipinski definition) is 1. The van der Waals surface area contributed by atoms with Gasteiger partial charge in [0.2, 0.25) is 0 Å². The van der Waals surface area contributed by atoms with Crippen LogP contribution in [0.5, 0.6) is 0 Å². The Morgan fingerprint density at radius 3 is 2.17 bits per heavy atom. The Morgan fingerprint density at radius 1 is 0.733 bits per heavy atom. The fourth-order valence-electron chi connectivity index (χ4n) is 5.28. The highest BCUT2D eigenvalue weighted by Crippen LogP contribution is 2.69. The van der Waals surface area contributed by atoms with Crippen LogP contribution in [0.2, 0.25) is 0 Å². The molecule has 0 unspecified atom stereocenters. The van der Waals surface area contributed by atoms with Gasteiger partial charge in [-0.15, -0.1) is 0 Å². The topological polar surface area (TPSA) is 17.8 Å². The molecule has 0 amide bonds. The number of aromatic nitrogens is 2. The molecule has 1 aromatic heterocycles. The molecule has 2 heterocycles. The van der Waals surface area contributed by atoms with Crippen LogP contribution in [-0.4, -0.2) is 9.55 Å². The van der Waals surface area contributed by atoms with Gasteiger partial charge in [-0.3, -0.25) is 4.57 Å². The molecule has 2 aliphatic rings. The van der Waals surface area contributed by atoms with Crippen molar-refractivity contribution in [3.63, 3.8) is 0 Å². The lowest BCUT2D eigenvalue weighted by atomic mass is 9.86. The van der Waals surface area contributed by atoms with Gasteiger partial charge < -0.3 is 0 Å². The van der Waals surface area contributed by atoms with Crippen LogP contribution in [0.4, 0.5) is 0 Å². The van der Waals surface area contributed by atoms with Gasteiger partial charge in [-0.25, -0.2) is 4.98 Å². The van der Waals surface area contributed by atoms with Gasteiger partial charge in [-0.05, 0) is 28.2 Å². The van der Waals surface area contributed by atoms with Crippen LogP contribution >= 0.6 is 0 Å². The Kier molecular flexibility index (Phi) is 3.65. The molecule has 0 saturated heterocycles. The maximum atomic E-state index is 4.96. The van der Waals surface area contributed by atoms with E-state index in [0.29, 0.717) is 17.8 Å². The molecule has 0 N–H and O–H groups in total. The fourth-order valence-corrected chi connectivity index (χ4v) is 5.28. The third-order valence-corrected chi connectivity index (χ3v) is 6.87. The van der Waals surface area contributed by atoms with Gasteiger partial charge in [0.05, 0.1) is 17.6 Å². The second kappa shape index (κ2) is 6.18. The largest absolute Gasteiger partial charge is 0.296 e. The summed E-state index contributed by atoms with van der Waals surface area (Å²) in [5.41, 5.74) is 8.11. The monoisotopic (exact) mass is 390 g/mol. The highest BCUT2D eigenvalue weighted by molar-refractivity contribution is 5.68. The summed E-state index contributed by atoms with van der Waals surface area (Å²) in [6.45, 7) is 6.78. The second-order valence-electron chi connectivity index (χ2n) is 9.71. The Balaban J connectivity index is 1.49. The Morgan fingerprint density at radius 2 is 1.43 bits per heavy atom. The van der Waals surface area contributed by atoms with Crippen molar-refractivity contribution in [3.8, 4) is 16.9 Å². The van der Waals surface area contributed by atoms with Crippen LogP contribution in [0.1, 0.15) is 61.0 Å². The van der Waals surface area contributed by atoms with Gasteiger partial charge in [0.1, 0.15) is 5.82 Å². The summed E-state index contributed by atoms with van der Waals surface area (Å²) in [5, 5.41) is 0. The van der Waals surface area contributed by atoms with Gasteiger partial charge in [0.15, 0.2) is 0 Å². The minimum atomic E-state index is 0.159. The lowest BCUT2D eigenvalue weighted by Crippen LogP contribution is -2.11. The van der Waals surface area contributed by atoms with E-state index in [2.05, 4.69) is 110 Å². The highest BCUT2D eigenvalue weighted by Gasteiger charge is 2.58. The molecule has 148 valence electrons. The normalized spacial score (nSPS) is 21.5. The predicted octanol–water partition coefficient (Wildman–Crippen LogP) is 6.82. The molecule has 6 rings (SSSR count). The van der Waals surface area contributed by atoms with Gasteiger partial charge in [-0.2, -0.15) is 0 Å². The van der Waals surface area contributed by atoms with Crippen molar-refractivity contribution >= 4 is 0 Å². The van der Waals surface area contributed by atoms with E-state index in [9.17, 15) is 0 Å².